The third kappa shape index (κ3) is 28.3. The van der Waals surface area contributed by atoms with Gasteiger partial charge in [-0.1, -0.05) is 114 Å². The Morgan fingerprint density at radius 2 is 1.01 bits per heavy atom. The minimum atomic E-state index is -2.50. The number of aliphatic hydroxyl groups excluding tert-OH is 1. The number of methoxy groups -OCH3 is 3. The Kier molecular flexibility index (Phi) is 37.8. The van der Waals surface area contributed by atoms with Crippen molar-refractivity contribution in [2.75, 3.05) is 114 Å². The Bertz CT molecular complexity index is 1460. The fraction of sp³-hybridized carbons (Fsp3) is 1.00. The number of rotatable bonds is 9. The molecule has 2 unspecified atom stereocenters. The lowest BCUT2D eigenvalue weighted by molar-refractivity contribution is -0.0996. The first-order valence-electron chi connectivity index (χ1n) is 33.8. The highest BCUT2D eigenvalue weighted by molar-refractivity contribution is 5.00. The van der Waals surface area contributed by atoms with E-state index >= 15 is 0 Å². The number of ether oxygens (including phenoxy) is 3. The second-order valence-electron chi connectivity index (χ2n) is 28.5. The topological polar surface area (TPSA) is 64.1 Å². The van der Waals surface area contributed by atoms with Crippen molar-refractivity contribution in [3.05, 3.63) is 0 Å². The number of nitrogens with zero attached hydrogens (tertiary/aromatic N) is 5. The standard InChI is InChI=1S/C10H19NO.2C10H19N.C9H15F2NO.C9H19N.C8H14.C5H12O.C5H12.C2H6O.CH4/c1-12-10-7-9(8-10)11-5-3-2-4-6-11;1-2-11-8-6-10(7-9-11)4-3-5-10;1-2-11-8-7-10(9-11)5-3-4-6-10;10-9(11)2-1-3-12(6-9)7-4-8(13)5-7;1-9(2,3)10-7-5-4-6-8-10;1-2-6-7-4-3-5-8(6)7;1-5(2)4-6-3;1-4-5(2)3;1-3-2;/h9-10H,2-8H2,1H3;2*2-9H2,1H3;7-8,13H,1-6H2;4-8H2,1-3H3;6-8H,2-5H2,1H3;5H,4H2,1-3H3;5H,4H2,1-3H3;1-2H3;1H4. The summed E-state index contributed by atoms with van der Waals surface area (Å²) < 4.78 is 40.3. The van der Waals surface area contributed by atoms with Crippen LogP contribution in [0.3, 0.4) is 0 Å². The van der Waals surface area contributed by atoms with Gasteiger partial charge < -0.3 is 34.0 Å². The molecule has 11 rings (SSSR count). The van der Waals surface area contributed by atoms with Gasteiger partial charge in [-0.3, -0.25) is 9.80 Å². The second kappa shape index (κ2) is 40.1. The van der Waals surface area contributed by atoms with Crippen LogP contribution in [0.5, 0.6) is 0 Å². The normalized spacial score (nSPS) is 30.1. The molecule has 2 spiro atoms. The average molecular weight is 1140 g/mol. The number of hydrogen-bond acceptors (Lipinski definition) is 9. The molecule has 0 aromatic heterocycles. The lowest BCUT2D eigenvalue weighted by Crippen LogP contribution is -2.53. The minimum absolute atomic E-state index is 0. The summed E-state index contributed by atoms with van der Waals surface area (Å²) in [6.07, 6.45) is 35.8. The lowest BCUT2D eigenvalue weighted by Gasteiger charge is -2.47. The third-order valence-electron chi connectivity index (χ3n) is 20.4. The summed E-state index contributed by atoms with van der Waals surface area (Å²) in [6.45, 7) is 39.6. The van der Waals surface area contributed by atoms with E-state index in [0.717, 1.165) is 35.9 Å². The van der Waals surface area contributed by atoms with Gasteiger partial charge in [0.1, 0.15) is 0 Å². The molecule has 5 heterocycles. The third-order valence-corrected chi connectivity index (χ3v) is 20.4. The van der Waals surface area contributed by atoms with Gasteiger partial charge in [-0.05, 0) is 242 Å². The van der Waals surface area contributed by atoms with Crippen molar-refractivity contribution in [2.24, 2.45) is 40.4 Å². The van der Waals surface area contributed by atoms with Crippen LogP contribution in [0.15, 0.2) is 0 Å². The van der Waals surface area contributed by atoms with Crippen LogP contribution in [-0.2, 0) is 14.2 Å². The number of likely N-dealkylation sites (tertiary alicyclic amines) is 5. The first-order chi connectivity index (χ1) is 37.6. The highest BCUT2D eigenvalue weighted by atomic mass is 19.3. The summed E-state index contributed by atoms with van der Waals surface area (Å²) in [6, 6.07) is 1.07. The summed E-state index contributed by atoms with van der Waals surface area (Å²) in [5, 5.41) is 9.06. The van der Waals surface area contributed by atoms with Crippen molar-refractivity contribution in [3.8, 4) is 0 Å². The van der Waals surface area contributed by atoms with E-state index in [9.17, 15) is 8.78 Å². The van der Waals surface area contributed by atoms with E-state index in [4.69, 9.17) is 14.6 Å². The second-order valence-corrected chi connectivity index (χ2v) is 28.5. The molecule has 0 bridgehead atoms. The fourth-order valence-corrected chi connectivity index (χ4v) is 14.3. The Hall–Kier alpha value is -0.500. The minimum Gasteiger partial charge on any atom is -0.393 e. The number of halogens is 2. The van der Waals surface area contributed by atoms with Crippen molar-refractivity contribution in [1.29, 1.82) is 0 Å². The van der Waals surface area contributed by atoms with Gasteiger partial charge in [0.25, 0.3) is 5.92 Å². The summed E-state index contributed by atoms with van der Waals surface area (Å²) in [5.74, 6) is 2.62. The first-order valence-corrected chi connectivity index (χ1v) is 33.8. The van der Waals surface area contributed by atoms with Crippen molar-refractivity contribution in [1.82, 2.24) is 24.5 Å². The lowest BCUT2D eigenvalue weighted by atomic mass is 9.63. The summed E-state index contributed by atoms with van der Waals surface area (Å²) in [4.78, 5) is 12.3. The van der Waals surface area contributed by atoms with Crippen molar-refractivity contribution in [2.45, 2.75) is 293 Å². The molecular weight excluding hydrogens is 1000 g/mol. The van der Waals surface area contributed by atoms with Crippen LogP contribution in [0.25, 0.3) is 0 Å². The van der Waals surface area contributed by atoms with Crippen LogP contribution in [-0.4, -0.2) is 179 Å². The highest BCUT2D eigenvalue weighted by Gasteiger charge is 2.50. The number of aliphatic hydroxyl groups is 1. The van der Waals surface area contributed by atoms with Crippen molar-refractivity contribution in [3.63, 3.8) is 0 Å². The molecule has 478 valence electrons. The van der Waals surface area contributed by atoms with Gasteiger partial charge in [-0.25, -0.2) is 8.78 Å². The smallest absolute Gasteiger partial charge is 0.260 e. The summed E-state index contributed by atoms with van der Waals surface area (Å²) in [7, 11) is 6.80. The molecule has 5 saturated heterocycles. The molecule has 0 aromatic carbocycles. The molecule has 6 aliphatic carbocycles. The average Bonchev–Trinajstić information content (AvgIpc) is 3.87. The number of hydrogen-bond donors (Lipinski definition) is 1. The zero-order valence-corrected chi connectivity index (χ0v) is 55.1. The maximum Gasteiger partial charge on any atom is 0.260 e. The number of piperidine rings is 4. The Balaban J connectivity index is 0.000000314. The Morgan fingerprint density at radius 1 is 0.537 bits per heavy atom. The van der Waals surface area contributed by atoms with Gasteiger partial charge in [0.2, 0.25) is 0 Å². The molecule has 6 saturated carbocycles. The quantitative estimate of drug-likeness (QED) is 0.243. The molecule has 5 aliphatic heterocycles. The molecule has 11 aliphatic rings. The molecule has 2 atom stereocenters. The van der Waals surface area contributed by atoms with Crippen LogP contribution >= 0.6 is 0 Å². The molecule has 0 radical (unpaired) electrons. The Morgan fingerprint density at radius 3 is 1.38 bits per heavy atom. The van der Waals surface area contributed by atoms with Crippen LogP contribution < -0.4 is 0 Å². The van der Waals surface area contributed by atoms with Crippen LogP contribution in [0.4, 0.5) is 8.78 Å². The zero-order valence-electron chi connectivity index (χ0n) is 55.1. The predicted octanol–water partition coefficient (Wildman–Crippen LogP) is 16.4. The highest BCUT2D eigenvalue weighted by Crippen LogP contribution is 2.58. The van der Waals surface area contributed by atoms with Gasteiger partial charge >= 0.3 is 0 Å². The molecule has 1 N–H and O–H groups in total. The molecule has 11 fully saturated rings. The molecular formula is C69H139F2N5O4. The largest absolute Gasteiger partial charge is 0.393 e. The van der Waals surface area contributed by atoms with E-state index in [1.807, 2.05) is 12.0 Å². The summed E-state index contributed by atoms with van der Waals surface area (Å²) >= 11 is 0. The first kappa shape index (κ1) is 75.6. The van der Waals surface area contributed by atoms with E-state index in [1.54, 1.807) is 34.2 Å². The van der Waals surface area contributed by atoms with Crippen LogP contribution in [0, 0.1) is 40.4 Å². The Labute approximate surface area is 497 Å². The van der Waals surface area contributed by atoms with E-state index < -0.39 is 5.92 Å². The maximum atomic E-state index is 13.0. The maximum absolute atomic E-state index is 13.0. The molecule has 80 heavy (non-hydrogen) atoms. The molecule has 0 amide bonds. The van der Waals surface area contributed by atoms with Gasteiger partial charge in [0, 0.05) is 65.6 Å². The molecule has 9 nitrogen and oxygen atoms in total. The predicted molar refractivity (Wildman–Crippen MR) is 341 cm³/mol. The van der Waals surface area contributed by atoms with Crippen LogP contribution in [0.2, 0.25) is 0 Å². The van der Waals surface area contributed by atoms with Crippen molar-refractivity contribution < 1.29 is 28.1 Å². The van der Waals surface area contributed by atoms with E-state index in [0.29, 0.717) is 36.8 Å². The van der Waals surface area contributed by atoms with Gasteiger partial charge in [0.15, 0.2) is 0 Å². The van der Waals surface area contributed by atoms with Gasteiger partial charge in [-0.15, -0.1) is 0 Å². The zero-order chi connectivity index (χ0) is 58.5. The van der Waals surface area contributed by atoms with Gasteiger partial charge in [-0.2, -0.15) is 0 Å². The fourth-order valence-electron chi connectivity index (χ4n) is 14.3. The molecule has 0 aromatic rings. The SMILES string of the molecule is C.CC(C)(C)N1CCCCC1.CCC(C)C.CCC1C2CCCC12.CCN1CCC2(CCC2)CC1.CCN1CCC2(CCCC2)C1.COC.COC1CC(N2CCCCC2)C1.COCC(C)C.OC1CC(N2CCCC(F)(F)C2)C1. The van der Waals surface area contributed by atoms with E-state index in [2.05, 4.69) is 100 Å². The van der Waals surface area contributed by atoms with Gasteiger partial charge in [0.05, 0.1) is 18.8 Å². The van der Waals surface area contributed by atoms with Crippen LogP contribution in [0.1, 0.15) is 257 Å². The van der Waals surface area contributed by atoms with Crippen molar-refractivity contribution >= 4 is 0 Å². The number of fused-ring (bicyclic) bond motifs is 1. The monoisotopic (exact) mass is 1140 g/mol. The summed E-state index contributed by atoms with van der Waals surface area (Å²) in [5.41, 5.74) is 2.03. The van der Waals surface area contributed by atoms with E-state index in [1.165, 1.54) is 218 Å². The van der Waals surface area contributed by atoms with E-state index in [-0.39, 0.29) is 32.5 Å². The molecule has 11 heteroatoms. The number of alkyl halides is 2.